The molecule has 0 unspecified atom stereocenters. The van der Waals surface area contributed by atoms with E-state index in [-0.39, 0.29) is 5.91 Å². The third-order valence-corrected chi connectivity index (χ3v) is 4.21. The molecule has 3 aromatic rings. The van der Waals surface area contributed by atoms with Crippen molar-refractivity contribution >= 4 is 23.2 Å². The van der Waals surface area contributed by atoms with Gasteiger partial charge in [-0.3, -0.25) is 14.9 Å². The lowest BCUT2D eigenvalue weighted by Crippen LogP contribution is -2.23. The number of aromatic nitrogens is 4. The first-order valence-electron chi connectivity index (χ1n) is 7.62. The molecular formula is C16H14F3N5O3S. The average Bonchev–Trinajstić information content (AvgIpc) is 3.29. The van der Waals surface area contributed by atoms with Crippen molar-refractivity contribution in [3.63, 3.8) is 0 Å². The quantitative estimate of drug-likeness (QED) is 0.605. The molecule has 0 radical (unpaired) electrons. The van der Waals surface area contributed by atoms with E-state index < -0.39 is 12.1 Å². The fraction of sp³-hybridized carbons (Fsp3) is 0.188. The van der Waals surface area contributed by atoms with Crippen molar-refractivity contribution in [1.29, 1.82) is 0 Å². The van der Waals surface area contributed by atoms with Gasteiger partial charge in [0.05, 0.1) is 11.4 Å². The smallest absolute Gasteiger partial charge is 0.475 e. The molecule has 0 aliphatic heterocycles. The predicted octanol–water partition coefficient (Wildman–Crippen LogP) is 2.80. The number of thiophene rings is 1. The molecule has 8 nitrogen and oxygen atoms in total. The van der Waals surface area contributed by atoms with Crippen LogP contribution < -0.4 is 5.32 Å². The van der Waals surface area contributed by atoms with Crippen LogP contribution in [0.25, 0.3) is 11.4 Å². The van der Waals surface area contributed by atoms with Gasteiger partial charge in [0.25, 0.3) is 5.91 Å². The van der Waals surface area contributed by atoms with Gasteiger partial charge in [0.15, 0.2) is 5.82 Å². The number of H-pyrrole nitrogens is 1. The van der Waals surface area contributed by atoms with Gasteiger partial charge < -0.3 is 10.4 Å². The van der Waals surface area contributed by atoms with E-state index in [4.69, 9.17) is 9.90 Å². The second-order valence-corrected chi connectivity index (χ2v) is 6.18. The van der Waals surface area contributed by atoms with E-state index in [1.807, 2.05) is 30.5 Å². The second kappa shape index (κ2) is 9.08. The average molecular weight is 413 g/mol. The van der Waals surface area contributed by atoms with Crippen molar-refractivity contribution in [2.45, 2.75) is 19.6 Å². The molecule has 3 rings (SSSR count). The Balaban J connectivity index is 0.000000345. The molecule has 12 heteroatoms. The van der Waals surface area contributed by atoms with E-state index in [0.29, 0.717) is 18.2 Å². The largest absolute Gasteiger partial charge is 0.490 e. The van der Waals surface area contributed by atoms with Crippen molar-refractivity contribution < 1.29 is 27.9 Å². The van der Waals surface area contributed by atoms with Gasteiger partial charge >= 0.3 is 12.1 Å². The van der Waals surface area contributed by atoms with Gasteiger partial charge in [-0.15, -0.1) is 11.3 Å². The molecule has 0 aliphatic rings. The summed E-state index contributed by atoms with van der Waals surface area (Å²) in [6.45, 7) is 2.23. The van der Waals surface area contributed by atoms with Crippen LogP contribution in [0.2, 0.25) is 0 Å². The highest BCUT2D eigenvalue weighted by Gasteiger charge is 2.38. The maximum absolute atomic E-state index is 12.0. The Labute approximate surface area is 160 Å². The number of halogens is 3. The number of aryl methyl sites for hydroxylation is 1. The summed E-state index contributed by atoms with van der Waals surface area (Å²) in [6, 6.07) is 5.59. The van der Waals surface area contributed by atoms with Crippen molar-refractivity contribution in [2.75, 3.05) is 0 Å². The number of carbonyl (C=O) groups is 2. The minimum Gasteiger partial charge on any atom is -0.475 e. The SMILES string of the molecule is Cc1ccsc1C(=O)NCc1nc(-c2ccncc2)n[nH]1.O=C(O)C(F)(F)F. The fourth-order valence-electron chi connectivity index (χ4n) is 1.85. The number of amides is 1. The van der Waals surface area contributed by atoms with Crippen LogP contribution in [0.4, 0.5) is 13.2 Å². The van der Waals surface area contributed by atoms with Crippen molar-refractivity contribution in [3.05, 3.63) is 52.2 Å². The number of carbonyl (C=O) groups excluding carboxylic acids is 1. The van der Waals surface area contributed by atoms with Crippen LogP contribution in [-0.4, -0.2) is 43.3 Å². The van der Waals surface area contributed by atoms with Crippen LogP contribution in [0.15, 0.2) is 36.0 Å². The Bertz CT molecular complexity index is 940. The van der Waals surface area contributed by atoms with E-state index in [1.54, 1.807) is 12.4 Å². The number of carboxylic acids is 1. The number of nitrogens with zero attached hydrogens (tertiary/aromatic N) is 3. The minimum atomic E-state index is -5.08. The normalized spacial score (nSPS) is 10.7. The molecule has 3 heterocycles. The first-order chi connectivity index (χ1) is 13.2. The number of pyridine rings is 1. The number of rotatable bonds is 4. The maximum atomic E-state index is 12.0. The first kappa shape index (κ1) is 21.0. The highest BCUT2D eigenvalue weighted by atomic mass is 32.1. The summed E-state index contributed by atoms with van der Waals surface area (Å²) in [7, 11) is 0. The lowest BCUT2D eigenvalue weighted by molar-refractivity contribution is -0.192. The third kappa shape index (κ3) is 5.87. The zero-order valence-electron chi connectivity index (χ0n) is 14.3. The molecular weight excluding hydrogens is 399 g/mol. The number of hydrogen-bond acceptors (Lipinski definition) is 6. The summed E-state index contributed by atoms with van der Waals surface area (Å²) >= 11 is 1.43. The zero-order chi connectivity index (χ0) is 20.7. The highest BCUT2D eigenvalue weighted by Crippen LogP contribution is 2.16. The van der Waals surface area contributed by atoms with Crippen LogP contribution in [0.5, 0.6) is 0 Å². The molecule has 0 fully saturated rings. The summed E-state index contributed by atoms with van der Waals surface area (Å²) in [6.07, 6.45) is -1.71. The predicted molar refractivity (Wildman–Crippen MR) is 93.5 cm³/mol. The summed E-state index contributed by atoms with van der Waals surface area (Å²) in [5, 5.41) is 18.8. The Morgan fingerprint density at radius 1 is 1.25 bits per heavy atom. The standard InChI is InChI=1S/C14H13N5OS.C2HF3O2/c1-9-4-7-21-12(9)14(20)16-8-11-17-13(19-18-11)10-2-5-15-6-3-10;3-2(4,5)1(6)7/h2-7H,8H2,1H3,(H,16,20)(H,17,18,19);(H,6,7). The number of carboxylic acid groups (broad SMARTS) is 1. The molecule has 3 N–H and O–H groups in total. The molecule has 3 aromatic heterocycles. The lowest BCUT2D eigenvalue weighted by Gasteiger charge is -2.01. The molecule has 0 saturated heterocycles. The molecule has 0 bridgehead atoms. The van der Waals surface area contributed by atoms with Gasteiger partial charge in [0.1, 0.15) is 5.82 Å². The Hall–Kier alpha value is -3.28. The molecule has 0 spiro atoms. The van der Waals surface area contributed by atoms with Crippen LogP contribution in [0.1, 0.15) is 21.1 Å². The summed E-state index contributed by atoms with van der Waals surface area (Å²) in [5.41, 5.74) is 1.86. The molecule has 148 valence electrons. The van der Waals surface area contributed by atoms with Crippen LogP contribution in [0.3, 0.4) is 0 Å². The second-order valence-electron chi connectivity index (χ2n) is 5.26. The number of aromatic amines is 1. The van der Waals surface area contributed by atoms with E-state index in [2.05, 4.69) is 25.5 Å². The zero-order valence-corrected chi connectivity index (χ0v) is 15.1. The molecule has 1 amide bonds. The minimum absolute atomic E-state index is 0.0932. The number of hydrogen-bond donors (Lipinski definition) is 3. The van der Waals surface area contributed by atoms with Crippen molar-refractivity contribution in [1.82, 2.24) is 25.5 Å². The van der Waals surface area contributed by atoms with Gasteiger partial charge in [-0.05, 0) is 36.1 Å². The number of nitrogens with one attached hydrogen (secondary N) is 2. The summed E-state index contributed by atoms with van der Waals surface area (Å²) in [5.74, 6) is -1.64. The summed E-state index contributed by atoms with van der Waals surface area (Å²) < 4.78 is 31.7. The topological polar surface area (TPSA) is 121 Å². The lowest BCUT2D eigenvalue weighted by atomic mass is 10.2. The Morgan fingerprint density at radius 3 is 2.43 bits per heavy atom. The molecule has 28 heavy (non-hydrogen) atoms. The fourth-order valence-corrected chi connectivity index (χ4v) is 2.70. The van der Waals surface area contributed by atoms with Crippen LogP contribution in [-0.2, 0) is 11.3 Å². The molecule has 0 atom stereocenters. The van der Waals surface area contributed by atoms with E-state index >= 15 is 0 Å². The van der Waals surface area contributed by atoms with Gasteiger partial charge in [-0.25, -0.2) is 9.78 Å². The van der Waals surface area contributed by atoms with Crippen molar-refractivity contribution in [3.8, 4) is 11.4 Å². The molecule has 0 aliphatic carbocycles. The van der Waals surface area contributed by atoms with Gasteiger partial charge in [-0.2, -0.15) is 18.3 Å². The van der Waals surface area contributed by atoms with E-state index in [9.17, 15) is 18.0 Å². The van der Waals surface area contributed by atoms with Crippen LogP contribution in [0, 0.1) is 6.92 Å². The Morgan fingerprint density at radius 2 is 1.89 bits per heavy atom. The number of aliphatic carboxylic acids is 1. The summed E-state index contributed by atoms with van der Waals surface area (Å²) in [4.78, 5) is 29.9. The van der Waals surface area contributed by atoms with Crippen molar-refractivity contribution in [2.24, 2.45) is 0 Å². The number of alkyl halides is 3. The van der Waals surface area contributed by atoms with Gasteiger partial charge in [0, 0.05) is 18.0 Å². The third-order valence-electron chi connectivity index (χ3n) is 3.20. The van der Waals surface area contributed by atoms with E-state index in [0.717, 1.165) is 16.0 Å². The van der Waals surface area contributed by atoms with E-state index in [1.165, 1.54) is 11.3 Å². The van der Waals surface area contributed by atoms with Gasteiger partial charge in [0.2, 0.25) is 0 Å². The highest BCUT2D eigenvalue weighted by molar-refractivity contribution is 7.12. The van der Waals surface area contributed by atoms with Gasteiger partial charge in [-0.1, -0.05) is 0 Å². The van der Waals surface area contributed by atoms with Crippen LogP contribution >= 0.6 is 11.3 Å². The first-order valence-corrected chi connectivity index (χ1v) is 8.50. The Kier molecular flexibility index (Phi) is 6.82. The molecule has 0 saturated carbocycles. The molecule has 0 aromatic carbocycles. The maximum Gasteiger partial charge on any atom is 0.490 e. The monoisotopic (exact) mass is 413 g/mol.